The van der Waals surface area contributed by atoms with Crippen molar-refractivity contribution in [1.29, 1.82) is 0 Å². The van der Waals surface area contributed by atoms with Crippen LogP contribution < -0.4 is 0 Å². The molecule has 0 aromatic carbocycles. The SMILES string of the molecule is CCCN1C(=O)N(CO)[C@@H]2[C@H]1N(CO)C(=O)N2CCC. The lowest BCUT2D eigenvalue weighted by Crippen LogP contribution is -2.47. The highest BCUT2D eigenvalue weighted by Crippen LogP contribution is 2.34. The van der Waals surface area contributed by atoms with Gasteiger partial charge in [-0.15, -0.1) is 0 Å². The molecule has 8 nitrogen and oxygen atoms in total. The minimum absolute atomic E-state index is 0.295. The molecule has 4 amide bonds. The van der Waals surface area contributed by atoms with Crippen LogP contribution in [0.3, 0.4) is 0 Å². The zero-order valence-electron chi connectivity index (χ0n) is 11.9. The van der Waals surface area contributed by atoms with Crippen LogP contribution in [0.4, 0.5) is 9.59 Å². The van der Waals surface area contributed by atoms with Crippen molar-refractivity contribution in [1.82, 2.24) is 19.6 Å². The molecule has 2 heterocycles. The summed E-state index contributed by atoms with van der Waals surface area (Å²) >= 11 is 0. The first-order chi connectivity index (χ1) is 9.62. The number of aliphatic hydroxyl groups excluding tert-OH is 2. The summed E-state index contributed by atoms with van der Waals surface area (Å²) in [4.78, 5) is 30.3. The Hall–Kier alpha value is -1.54. The summed E-state index contributed by atoms with van der Waals surface area (Å²) in [5.74, 6) is 0. The van der Waals surface area contributed by atoms with Crippen LogP contribution in [0, 0.1) is 0 Å². The van der Waals surface area contributed by atoms with Crippen molar-refractivity contribution in [2.75, 3.05) is 26.6 Å². The molecule has 0 radical (unpaired) electrons. The van der Waals surface area contributed by atoms with E-state index in [9.17, 15) is 19.8 Å². The zero-order valence-corrected chi connectivity index (χ0v) is 11.9. The van der Waals surface area contributed by atoms with Crippen molar-refractivity contribution in [3.05, 3.63) is 0 Å². The molecule has 8 heteroatoms. The number of hydrogen-bond acceptors (Lipinski definition) is 4. The lowest BCUT2D eigenvalue weighted by atomic mass is 10.3. The second kappa shape index (κ2) is 5.84. The highest BCUT2D eigenvalue weighted by molar-refractivity contribution is 5.85. The molecule has 0 aliphatic carbocycles. The topological polar surface area (TPSA) is 87.6 Å². The molecule has 2 N–H and O–H groups in total. The van der Waals surface area contributed by atoms with Crippen molar-refractivity contribution in [2.45, 2.75) is 39.0 Å². The second-order valence-electron chi connectivity index (χ2n) is 5.00. The predicted molar refractivity (Wildman–Crippen MR) is 70.2 cm³/mol. The Morgan fingerprint density at radius 3 is 1.40 bits per heavy atom. The van der Waals surface area contributed by atoms with Gasteiger partial charge < -0.3 is 10.2 Å². The highest BCUT2D eigenvalue weighted by atomic mass is 16.3. The van der Waals surface area contributed by atoms with Gasteiger partial charge in [0.25, 0.3) is 0 Å². The van der Waals surface area contributed by atoms with E-state index < -0.39 is 25.8 Å². The van der Waals surface area contributed by atoms with Crippen LogP contribution in [0.5, 0.6) is 0 Å². The van der Waals surface area contributed by atoms with Gasteiger partial charge in [0.1, 0.15) is 13.5 Å². The summed E-state index contributed by atoms with van der Waals surface area (Å²) in [6.07, 6.45) is 0.433. The van der Waals surface area contributed by atoms with Gasteiger partial charge in [-0.05, 0) is 12.8 Å². The van der Waals surface area contributed by atoms with Gasteiger partial charge in [0.15, 0.2) is 12.3 Å². The minimum atomic E-state index is -0.529. The van der Waals surface area contributed by atoms with Gasteiger partial charge in [0, 0.05) is 13.1 Å². The van der Waals surface area contributed by atoms with Crippen LogP contribution in [-0.4, -0.2) is 80.8 Å². The zero-order chi connectivity index (χ0) is 14.9. The lowest BCUT2D eigenvalue weighted by Gasteiger charge is -2.27. The number of nitrogens with zero attached hydrogens (tertiary/aromatic N) is 4. The van der Waals surface area contributed by atoms with E-state index in [4.69, 9.17) is 0 Å². The standard InChI is InChI=1S/C12H22N4O4/c1-3-5-13-9-10(16(8-18)11(13)19)14(6-4-2)12(20)15(9)7-17/h9-10,17-18H,3-8H2,1-2H3/t9-,10-/m1/s1. The van der Waals surface area contributed by atoms with Gasteiger partial charge >= 0.3 is 12.1 Å². The Morgan fingerprint density at radius 2 is 1.15 bits per heavy atom. The van der Waals surface area contributed by atoms with Crippen molar-refractivity contribution < 1.29 is 19.8 Å². The number of aliphatic hydroxyl groups is 2. The van der Waals surface area contributed by atoms with E-state index >= 15 is 0 Å². The van der Waals surface area contributed by atoms with E-state index in [1.54, 1.807) is 9.80 Å². The monoisotopic (exact) mass is 286 g/mol. The molecule has 2 atom stereocenters. The van der Waals surface area contributed by atoms with E-state index in [0.717, 1.165) is 12.8 Å². The first-order valence-electron chi connectivity index (χ1n) is 6.98. The average Bonchev–Trinajstić information content (AvgIpc) is 2.85. The number of carbonyl (C=O) groups is 2. The molecule has 2 rings (SSSR count). The maximum Gasteiger partial charge on any atom is 0.325 e. The fourth-order valence-corrected chi connectivity index (χ4v) is 2.99. The van der Waals surface area contributed by atoms with E-state index in [2.05, 4.69) is 0 Å². The number of urea groups is 2. The highest BCUT2D eigenvalue weighted by Gasteiger charge is 2.58. The molecule has 0 aromatic heterocycles. The molecule has 2 fully saturated rings. The van der Waals surface area contributed by atoms with Crippen molar-refractivity contribution >= 4 is 12.1 Å². The largest absolute Gasteiger partial charge is 0.376 e. The smallest absolute Gasteiger partial charge is 0.325 e. The summed E-state index contributed by atoms with van der Waals surface area (Å²) in [6.45, 7) is 3.97. The van der Waals surface area contributed by atoms with Crippen LogP contribution in [0.1, 0.15) is 26.7 Å². The molecule has 2 saturated heterocycles. The molecule has 0 spiro atoms. The Bertz CT molecular complexity index is 356. The van der Waals surface area contributed by atoms with E-state index in [1.807, 2.05) is 13.8 Å². The molecule has 2 aliphatic heterocycles. The summed E-state index contributed by atoms with van der Waals surface area (Å²) in [5.41, 5.74) is 0. The number of hydrogen-bond donors (Lipinski definition) is 2. The third kappa shape index (κ3) is 1.99. The van der Waals surface area contributed by atoms with Crippen molar-refractivity contribution in [2.24, 2.45) is 0 Å². The Kier molecular flexibility index (Phi) is 4.34. The van der Waals surface area contributed by atoms with E-state index in [1.165, 1.54) is 9.80 Å². The second-order valence-corrected chi connectivity index (χ2v) is 5.00. The first-order valence-corrected chi connectivity index (χ1v) is 6.98. The lowest BCUT2D eigenvalue weighted by molar-refractivity contribution is 0.0484. The fraction of sp³-hybridized carbons (Fsp3) is 0.833. The number of rotatable bonds is 6. The maximum atomic E-state index is 12.3. The third-order valence-corrected chi connectivity index (χ3v) is 3.76. The van der Waals surface area contributed by atoms with Crippen LogP contribution in [0.15, 0.2) is 0 Å². The normalized spacial score (nSPS) is 26.0. The number of amides is 4. The molecular formula is C12H22N4O4. The van der Waals surface area contributed by atoms with Crippen LogP contribution in [0.25, 0.3) is 0 Å². The average molecular weight is 286 g/mol. The summed E-state index contributed by atoms with van der Waals surface area (Å²) < 4.78 is 0. The Balaban J connectivity index is 2.37. The Labute approximate surface area is 118 Å². The van der Waals surface area contributed by atoms with Crippen LogP contribution >= 0.6 is 0 Å². The summed E-state index contributed by atoms with van der Waals surface area (Å²) in [6, 6.07) is -0.590. The van der Waals surface area contributed by atoms with Gasteiger partial charge in [-0.1, -0.05) is 13.8 Å². The first kappa shape index (κ1) is 14.9. The van der Waals surface area contributed by atoms with Crippen molar-refractivity contribution in [3.8, 4) is 0 Å². The molecule has 20 heavy (non-hydrogen) atoms. The third-order valence-electron chi connectivity index (χ3n) is 3.76. The van der Waals surface area contributed by atoms with Crippen LogP contribution in [-0.2, 0) is 0 Å². The van der Waals surface area contributed by atoms with Gasteiger partial charge in [-0.3, -0.25) is 19.6 Å². The molecule has 2 aliphatic rings. The minimum Gasteiger partial charge on any atom is -0.376 e. The molecular weight excluding hydrogens is 264 g/mol. The molecule has 0 aromatic rings. The molecule has 0 unspecified atom stereocenters. The van der Waals surface area contributed by atoms with E-state index in [0.29, 0.717) is 13.1 Å². The number of carbonyl (C=O) groups excluding carboxylic acids is 2. The molecule has 0 bridgehead atoms. The quantitative estimate of drug-likeness (QED) is 0.710. The summed E-state index contributed by atoms with van der Waals surface area (Å²) in [7, 11) is 0. The van der Waals surface area contributed by atoms with Gasteiger partial charge in [-0.25, -0.2) is 9.59 Å². The predicted octanol–water partition coefficient (Wildman–Crippen LogP) is -0.167. The van der Waals surface area contributed by atoms with Gasteiger partial charge in [0.2, 0.25) is 0 Å². The maximum absolute atomic E-state index is 12.3. The van der Waals surface area contributed by atoms with Crippen LogP contribution in [0.2, 0.25) is 0 Å². The van der Waals surface area contributed by atoms with Gasteiger partial charge in [-0.2, -0.15) is 0 Å². The molecule has 114 valence electrons. The van der Waals surface area contributed by atoms with Crippen molar-refractivity contribution in [3.63, 3.8) is 0 Å². The van der Waals surface area contributed by atoms with E-state index in [-0.39, 0.29) is 12.1 Å². The summed E-state index contributed by atoms with van der Waals surface area (Å²) in [5, 5.41) is 18.9. The number of fused-ring (bicyclic) bond motifs is 1. The fourth-order valence-electron chi connectivity index (χ4n) is 2.99. The Morgan fingerprint density at radius 1 is 0.800 bits per heavy atom. The molecule has 0 saturated carbocycles. The van der Waals surface area contributed by atoms with Gasteiger partial charge in [0.05, 0.1) is 0 Å².